The fourth-order valence-corrected chi connectivity index (χ4v) is 16.4. The van der Waals surface area contributed by atoms with Crippen LogP contribution in [0.3, 0.4) is 0 Å². The van der Waals surface area contributed by atoms with Gasteiger partial charge in [-0.25, -0.2) is 0 Å². The molecule has 0 aliphatic heterocycles. The summed E-state index contributed by atoms with van der Waals surface area (Å²) >= 11 is 0. The number of hydrogen-bond donors (Lipinski definition) is 0. The SMILES string of the molecule is CC(C)(C)c1ccc(N(c2ccc(C(C)(C)C)cc2)c2ccc(C3(c4ccc(C(C)(C)C)cc4)c4cc(N(c5ccc(C(C)(C)C)cc5)c5cccc6ccccc56)ccc4-c4c3cc(N(c3ccc(C(C)(C)C)cc3)c3cccc5ccccc35)c3c4-c4ccccc4C3(C)C)cc2)cc1. The van der Waals surface area contributed by atoms with E-state index in [9.17, 15) is 0 Å². The first-order valence-electron chi connectivity index (χ1n) is 36.5. The van der Waals surface area contributed by atoms with Crippen molar-refractivity contribution in [2.75, 3.05) is 14.7 Å². The van der Waals surface area contributed by atoms with Crippen LogP contribution < -0.4 is 14.7 Å². The van der Waals surface area contributed by atoms with Crippen molar-refractivity contribution in [3.05, 3.63) is 340 Å². The first-order valence-corrected chi connectivity index (χ1v) is 36.5. The third kappa shape index (κ3) is 11.5. The van der Waals surface area contributed by atoms with Gasteiger partial charge >= 0.3 is 0 Å². The number of anilines is 9. The molecule has 0 amide bonds. The number of rotatable bonds is 11. The average molecular weight is 1320 g/mol. The molecule has 2 aliphatic rings. The van der Waals surface area contributed by atoms with Gasteiger partial charge in [-0.15, -0.1) is 0 Å². The molecule has 0 N–H and O–H groups in total. The van der Waals surface area contributed by atoms with Crippen LogP contribution in [-0.2, 0) is 37.9 Å². The van der Waals surface area contributed by atoms with Crippen LogP contribution in [0.1, 0.15) is 179 Å². The zero-order chi connectivity index (χ0) is 70.9. The van der Waals surface area contributed by atoms with E-state index in [1.165, 1.54) is 111 Å². The molecule has 0 saturated carbocycles. The van der Waals surface area contributed by atoms with Crippen molar-refractivity contribution in [2.45, 2.75) is 156 Å². The van der Waals surface area contributed by atoms with Gasteiger partial charge in [-0.2, -0.15) is 0 Å². The van der Waals surface area contributed by atoms with Crippen molar-refractivity contribution in [2.24, 2.45) is 0 Å². The highest BCUT2D eigenvalue weighted by atomic mass is 15.2. The highest BCUT2D eigenvalue weighted by Gasteiger charge is 2.52. The van der Waals surface area contributed by atoms with E-state index in [4.69, 9.17) is 0 Å². The molecule has 0 aromatic heterocycles. The monoisotopic (exact) mass is 1320 g/mol. The second kappa shape index (κ2) is 24.3. The van der Waals surface area contributed by atoms with E-state index in [1.54, 1.807) is 0 Å². The van der Waals surface area contributed by atoms with Crippen molar-refractivity contribution in [1.82, 2.24) is 0 Å². The van der Waals surface area contributed by atoms with Crippen molar-refractivity contribution in [3.8, 4) is 22.3 Å². The highest BCUT2D eigenvalue weighted by Crippen LogP contribution is 2.66. The zero-order valence-corrected chi connectivity index (χ0v) is 62.4. The Morgan fingerprint density at radius 1 is 0.248 bits per heavy atom. The topological polar surface area (TPSA) is 9.72 Å². The minimum Gasteiger partial charge on any atom is -0.311 e. The van der Waals surface area contributed by atoms with E-state index < -0.39 is 10.8 Å². The second-order valence-electron chi connectivity index (χ2n) is 34.3. The second-order valence-corrected chi connectivity index (χ2v) is 34.3. The summed E-state index contributed by atoms with van der Waals surface area (Å²) in [5, 5.41) is 4.78. The Bertz CT molecular complexity index is 5220. The summed E-state index contributed by atoms with van der Waals surface area (Å²) < 4.78 is 0. The zero-order valence-electron chi connectivity index (χ0n) is 62.4. The third-order valence-corrected chi connectivity index (χ3v) is 22.1. The Labute approximate surface area is 601 Å². The van der Waals surface area contributed by atoms with Crippen molar-refractivity contribution in [3.63, 3.8) is 0 Å². The number of hydrogen-bond acceptors (Lipinski definition) is 3. The molecule has 0 fully saturated rings. The van der Waals surface area contributed by atoms with Gasteiger partial charge in [0, 0.05) is 50.3 Å². The Morgan fingerprint density at radius 2 is 0.584 bits per heavy atom. The van der Waals surface area contributed by atoms with Crippen molar-refractivity contribution in [1.29, 1.82) is 0 Å². The molecule has 1 unspecified atom stereocenters. The van der Waals surface area contributed by atoms with Gasteiger partial charge < -0.3 is 14.7 Å². The molecular weight excluding hydrogens is 1220 g/mol. The van der Waals surface area contributed by atoms with Crippen LogP contribution in [0.5, 0.6) is 0 Å². The van der Waals surface area contributed by atoms with Gasteiger partial charge in [0.05, 0.1) is 22.5 Å². The maximum Gasteiger partial charge on any atom is 0.0715 e. The van der Waals surface area contributed by atoms with Crippen LogP contribution in [-0.4, -0.2) is 0 Å². The van der Waals surface area contributed by atoms with Gasteiger partial charge in [-0.1, -0.05) is 306 Å². The highest BCUT2D eigenvalue weighted by molar-refractivity contribution is 6.08. The Kier molecular flexibility index (Phi) is 16.0. The Hall–Kier alpha value is -10.2. The summed E-state index contributed by atoms with van der Waals surface area (Å²) in [7, 11) is 0. The van der Waals surface area contributed by atoms with E-state index in [2.05, 4.69) is 411 Å². The van der Waals surface area contributed by atoms with Crippen molar-refractivity contribution >= 4 is 72.7 Å². The smallest absolute Gasteiger partial charge is 0.0715 e. The van der Waals surface area contributed by atoms with Gasteiger partial charge in [-0.05, 0) is 212 Å². The van der Waals surface area contributed by atoms with Crippen LogP contribution in [0.25, 0.3) is 43.8 Å². The standard InChI is InChI=1S/C98H97N3/c1-92(2,3)66-36-38-71(39-37-66)98(72-48-58-75(59-49-72)99(73-50-40-67(41-51-73)93(4,5)6)74-52-42-68(43-53-74)94(7,8)9)84-62-78(100(76-54-44-69(45-55-76)95(10,11)12)86-34-24-28-64-26-18-20-30-79(64)86)60-61-82(84)89-85(98)63-88(91-90(89)81-32-22-23-33-83(81)97(91,16)17)101(77-56-46-70(47-57-77)96(13,14)15)87-35-25-29-65-27-19-21-31-80(65)87/h18-63H,1-17H3. The predicted octanol–water partition coefficient (Wildman–Crippen LogP) is 27.6. The largest absolute Gasteiger partial charge is 0.311 e. The van der Waals surface area contributed by atoms with E-state index >= 15 is 0 Å². The molecule has 0 radical (unpaired) electrons. The summed E-state index contributed by atoms with van der Waals surface area (Å²) in [5.74, 6) is 0. The molecule has 0 saturated heterocycles. The number of nitrogens with zero attached hydrogens (tertiary/aromatic N) is 3. The Balaban J connectivity index is 1.09. The van der Waals surface area contributed by atoms with Gasteiger partial charge in [0.25, 0.3) is 0 Å². The molecular formula is C98H97N3. The molecule has 101 heavy (non-hydrogen) atoms. The van der Waals surface area contributed by atoms with E-state index in [0.717, 1.165) is 45.5 Å². The predicted molar refractivity (Wildman–Crippen MR) is 434 cm³/mol. The van der Waals surface area contributed by atoms with E-state index in [0.29, 0.717) is 0 Å². The first kappa shape index (κ1) is 66.6. The van der Waals surface area contributed by atoms with E-state index in [1.807, 2.05) is 0 Å². The fourth-order valence-electron chi connectivity index (χ4n) is 16.4. The average Bonchev–Trinajstić information content (AvgIpc) is 1.50. The Morgan fingerprint density at radius 3 is 1.03 bits per heavy atom. The summed E-state index contributed by atoms with van der Waals surface area (Å²) in [5.41, 5.74) is 27.5. The lowest BCUT2D eigenvalue weighted by Gasteiger charge is -2.38. The van der Waals surface area contributed by atoms with Crippen LogP contribution >= 0.6 is 0 Å². The summed E-state index contributed by atoms with van der Waals surface area (Å²) in [6.45, 7) is 39.6. The van der Waals surface area contributed by atoms with Gasteiger partial charge in [0.2, 0.25) is 0 Å². The van der Waals surface area contributed by atoms with Crippen LogP contribution in [0.4, 0.5) is 51.2 Å². The number of benzene rings is 13. The molecule has 2 aliphatic carbocycles. The molecule has 3 heteroatoms. The molecule has 15 rings (SSSR count). The molecule has 0 bridgehead atoms. The minimum atomic E-state index is -0.921. The van der Waals surface area contributed by atoms with Crippen LogP contribution in [0.15, 0.2) is 279 Å². The molecule has 3 nitrogen and oxygen atoms in total. The number of fused-ring (bicyclic) bond motifs is 9. The molecule has 13 aromatic rings. The molecule has 0 spiro atoms. The lowest BCUT2D eigenvalue weighted by atomic mass is 9.66. The minimum absolute atomic E-state index is 0.00406. The lowest BCUT2D eigenvalue weighted by Crippen LogP contribution is -2.30. The summed E-state index contributed by atoms with van der Waals surface area (Å²) in [4.78, 5) is 7.61. The summed E-state index contributed by atoms with van der Waals surface area (Å²) in [6.07, 6.45) is 0. The maximum absolute atomic E-state index is 2.67. The third-order valence-electron chi connectivity index (χ3n) is 22.1. The molecule has 13 aromatic carbocycles. The molecule has 0 heterocycles. The van der Waals surface area contributed by atoms with E-state index in [-0.39, 0.29) is 27.1 Å². The molecule has 504 valence electrons. The quantitative estimate of drug-likeness (QED) is 0.128. The lowest BCUT2D eigenvalue weighted by molar-refractivity contribution is 0.589. The summed E-state index contributed by atoms with van der Waals surface area (Å²) in [6, 6.07) is 108. The van der Waals surface area contributed by atoms with Crippen LogP contribution in [0, 0.1) is 0 Å². The maximum atomic E-state index is 2.67. The van der Waals surface area contributed by atoms with Gasteiger partial charge in [0.15, 0.2) is 0 Å². The van der Waals surface area contributed by atoms with Gasteiger partial charge in [-0.3, -0.25) is 0 Å². The fraction of sp³-hybridized carbons (Fsp3) is 0.245. The van der Waals surface area contributed by atoms with Gasteiger partial charge in [0.1, 0.15) is 0 Å². The first-order chi connectivity index (χ1) is 48.0. The van der Waals surface area contributed by atoms with Crippen molar-refractivity contribution < 1.29 is 0 Å². The van der Waals surface area contributed by atoms with Crippen LogP contribution in [0.2, 0.25) is 0 Å². The normalized spacial score (nSPS) is 14.9. The molecule has 1 atom stereocenters.